The van der Waals surface area contributed by atoms with E-state index in [4.69, 9.17) is 0 Å². The minimum absolute atomic E-state index is 0.223. The molecule has 2 aromatic heterocycles. The van der Waals surface area contributed by atoms with E-state index in [1.54, 1.807) is 12.1 Å². The first kappa shape index (κ1) is 19.1. The number of rotatable bonds is 4. The number of nitrogens with one attached hydrogen (secondary N) is 1. The lowest BCUT2D eigenvalue weighted by atomic mass is 10.1. The largest absolute Gasteiger partial charge is 0.351 e. The van der Waals surface area contributed by atoms with Crippen LogP contribution in [0.3, 0.4) is 0 Å². The zero-order valence-electron chi connectivity index (χ0n) is 17.4. The van der Waals surface area contributed by atoms with E-state index in [9.17, 15) is 9.18 Å². The molecule has 4 nitrogen and oxygen atoms in total. The summed E-state index contributed by atoms with van der Waals surface area (Å²) in [4.78, 5) is 13.3. The number of benzene rings is 3. The Morgan fingerprint density at radius 1 is 0.935 bits per heavy atom. The van der Waals surface area contributed by atoms with Crippen LogP contribution in [0.2, 0.25) is 0 Å². The highest BCUT2D eigenvalue weighted by molar-refractivity contribution is 6.07. The Morgan fingerprint density at radius 2 is 1.77 bits per heavy atom. The molecule has 0 aliphatic carbocycles. The molecule has 1 N–H and O–H groups in total. The summed E-state index contributed by atoms with van der Waals surface area (Å²) in [6.45, 7) is 2.57. The van der Waals surface area contributed by atoms with Crippen molar-refractivity contribution in [1.82, 2.24) is 9.13 Å². The number of anilines is 1. The molecule has 0 aliphatic rings. The molecule has 5 heteroatoms. The third kappa shape index (κ3) is 3.59. The molecule has 0 radical (unpaired) electrons. The molecule has 1 amide bonds. The maximum Gasteiger partial charge on any atom is 0.272 e. The van der Waals surface area contributed by atoms with Crippen molar-refractivity contribution in [3.63, 3.8) is 0 Å². The molecule has 0 saturated carbocycles. The molecule has 0 aliphatic heterocycles. The highest BCUT2D eigenvalue weighted by Gasteiger charge is 2.17. The number of halogens is 1. The van der Waals surface area contributed by atoms with E-state index < -0.39 is 0 Å². The van der Waals surface area contributed by atoms with Gasteiger partial charge in [-0.3, -0.25) is 4.79 Å². The Labute approximate surface area is 179 Å². The Kier molecular flexibility index (Phi) is 4.59. The average molecular weight is 411 g/mol. The zero-order chi connectivity index (χ0) is 21.5. The topological polar surface area (TPSA) is 39.0 Å². The fourth-order valence-electron chi connectivity index (χ4n) is 4.15. The fraction of sp³-hybridized carbons (Fsp3) is 0.115. The third-order valence-corrected chi connectivity index (χ3v) is 5.66. The van der Waals surface area contributed by atoms with E-state index >= 15 is 0 Å². The molecule has 0 fully saturated rings. The molecule has 0 spiro atoms. The molecular weight excluding hydrogens is 389 g/mol. The van der Waals surface area contributed by atoms with Crippen LogP contribution in [0.15, 0.2) is 79.0 Å². The number of hydrogen-bond acceptors (Lipinski definition) is 1. The number of aromatic nitrogens is 2. The molecule has 3 aromatic carbocycles. The highest BCUT2D eigenvalue weighted by Crippen LogP contribution is 2.25. The predicted molar refractivity (Wildman–Crippen MR) is 123 cm³/mol. The molecule has 154 valence electrons. The minimum Gasteiger partial charge on any atom is -0.351 e. The summed E-state index contributed by atoms with van der Waals surface area (Å²) in [6.07, 6.45) is 1.99. The predicted octanol–water partition coefficient (Wildman–Crippen LogP) is 5.88. The van der Waals surface area contributed by atoms with Crippen molar-refractivity contribution in [2.24, 2.45) is 7.05 Å². The summed E-state index contributed by atoms with van der Waals surface area (Å²) < 4.78 is 17.8. The number of hydrogen-bond donors (Lipinski definition) is 1. The molecule has 5 aromatic rings. The molecule has 0 atom stereocenters. The average Bonchev–Trinajstić information content (AvgIpc) is 3.28. The number of fused-ring (bicyclic) bond motifs is 2. The van der Waals surface area contributed by atoms with Crippen LogP contribution in [0.1, 0.15) is 21.6 Å². The van der Waals surface area contributed by atoms with Crippen LogP contribution in [0, 0.1) is 12.7 Å². The first-order valence-electron chi connectivity index (χ1n) is 10.2. The second-order valence-corrected chi connectivity index (χ2v) is 7.96. The SMILES string of the molecule is Cc1cccc(Cn2c(C(=O)Nc3ccc4c(ccn4C)c3)cc3cc(F)ccc32)c1. The monoisotopic (exact) mass is 411 g/mol. The Balaban J connectivity index is 1.54. The van der Waals surface area contributed by atoms with Gasteiger partial charge in [0.15, 0.2) is 0 Å². The van der Waals surface area contributed by atoms with Crippen LogP contribution in [0.5, 0.6) is 0 Å². The van der Waals surface area contributed by atoms with Crippen molar-refractivity contribution in [2.45, 2.75) is 13.5 Å². The minimum atomic E-state index is -0.318. The quantitative estimate of drug-likeness (QED) is 0.394. The first-order valence-corrected chi connectivity index (χ1v) is 10.2. The summed E-state index contributed by atoms with van der Waals surface area (Å²) in [5.41, 5.74) is 5.38. The molecule has 5 rings (SSSR count). The maximum absolute atomic E-state index is 13.8. The van der Waals surface area contributed by atoms with Gasteiger partial charge in [0.2, 0.25) is 0 Å². The molecule has 2 heterocycles. The van der Waals surface area contributed by atoms with Gasteiger partial charge in [-0.05, 0) is 61.0 Å². The van der Waals surface area contributed by atoms with Crippen molar-refractivity contribution in [1.29, 1.82) is 0 Å². The van der Waals surface area contributed by atoms with Gasteiger partial charge in [0.1, 0.15) is 11.5 Å². The van der Waals surface area contributed by atoms with Crippen molar-refractivity contribution in [3.05, 3.63) is 102 Å². The van der Waals surface area contributed by atoms with Crippen molar-refractivity contribution >= 4 is 33.4 Å². The van der Waals surface area contributed by atoms with Crippen LogP contribution in [-0.2, 0) is 13.6 Å². The first-order chi connectivity index (χ1) is 15.0. The van der Waals surface area contributed by atoms with E-state index in [2.05, 4.69) is 11.4 Å². The van der Waals surface area contributed by atoms with Gasteiger partial charge in [0, 0.05) is 47.3 Å². The summed E-state index contributed by atoms with van der Waals surface area (Å²) in [6, 6.07) is 22.4. The van der Waals surface area contributed by atoms with E-state index in [1.165, 1.54) is 12.1 Å². The number of aryl methyl sites for hydroxylation is 2. The Hall–Kier alpha value is -3.86. The molecule has 31 heavy (non-hydrogen) atoms. The summed E-state index contributed by atoms with van der Waals surface area (Å²) in [5.74, 6) is -0.541. The van der Waals surface area contributed by atoms with Gasteiger partial charge >= 0.3 is 0 Å². The van der Waals surface area contributed by atoms with E-state index in [1.807, 2.05) is 71.8 Å². The third-order valence-electron chi connectivity index (χ3n) is 5.66. The summed E-state index contributed by atoms with van der Waals surface area (Å²) in [7, 11) is 1.99. The van der Waals surface area contributed by atoms with Gasteiger partial charge < -0.3 is 14.5 Å². The Bertz CT molecular complexity index is 1440. The Morgan fingerprint density at radius 3 is 2.61 bits per heavy atom. The van der Waals surface area contributed by atoms with Crippen LogP contribution in [-0.4, -0.2) is 15.0 Å². The second-order valence-electron chi connectivity index (χ2n) is 7.96. The van der Waals surface area contributed by atoms with Gasteiger partial charge in [0.05, 0.1) is 0 Å². The smallest absolute Gasteiger partial charge is 0.272 e. The van der Waals surface area contributed by atoms with E-state index in [0.29, 0.717) is 17.6 Å². The van der Waals surface area contributed by atoms with Gasteiger partial charge in [-0.15, -0.1) is 0 Å². The van der Waals surface area contributed by atoms with E-state index in [0.717, 1.165) is 33.2 Å². The van der Waals surface area contributed by atoms with Crippen molar-refractivity contribution in [3.8, 4) is 0 Å². The van der Waals surface area contributed by atoms with E-state index in [-0.39, 0.29) is 11.7 Å². The van der Waals surface area contributed by atoms with Gasteiger partial charge in [-0.25, -0.2) is 4.39 Å². The molecule has 0 unspecified atom stereocenters. The highest BCUT2D eigenvalue weighted by atomic mass is 19.1. The molecule has 0 saturated heterocycles. The van der Waals surface area contributed by atoms with Gasteiger partial charge in [-0.1, -0.05) is 29.8 Å². The van der Waals surface area contributed by atoms with Gasteiger partial charge in [0.25, 0.3) is 5.91 Å². The lowest BCUT2D eigenvalue weighted by Crippen LogP contribution is -2.17. The number of carbonyl (C=O) groups excluding carboxylic acids is 1. The number of carbonyl (C=O) groups is 1. The second kappa shape index (κ2) is 7.43. The lowest BCUT2D eigenvalue weighted by molar-refractivity contribution is 0.101. The summed E-state index contributed by atoms with van der Waals surface area (Å²) in [5, 5.41) is 4.77. The van der Waals surface area contributed by atoms with Crippen LogP contribution < -0.4 is 5.32 Å². The maximum atomic E-state index is 13.8. The lowest BCUT2D eigenvalue weighted by Gasteiger charge is -2.12. The van der Waals surface area contributed by atoms with Crippen LogP contribution >= 0.6 is 0 Å². The van der Waals surface area contributed by atoms with Crippen molar-refractivity contribution < 1.29 is 9.18 Å². The summed E-state index contributed by atoms with van der Waals surface area (Å²) >= 11 is 0. The van der Waals surface area contributed by atoms with Crippen molar-refractivity contribution in [2.75, 3.05) is 5.32 Å². The molecule has 0 bridgehead atoms. The normalized spacial score (nSPS) is 11.3. The zero-order valence-corrected chi connectivity index (χ0v) is 17.4. The van der Waals surface area contributed by atoms with Crippen LogP contribution in [0.25, 0.3) is 21.8 Å². The number of nitrogens with zero attached hydrogens (tertiary/aromatic N) is 2. The fourth-order valence-corrected chi connectivity index (χ4v) is 4.15. The molecular formula is C26H22FN3O. The number of amides is 1. The van der Waals surface area contributed by atoms with Gasteiger partial charge in [-0.2, -0.15) is 0 Å². The van der Waals surface area contributed by atoms with Crippen LogP contribution in [0.4, 0.5) is 10.1 Å². The standard InChI is InChI=1S/C26H22FN3O/c1-17-4-3-5-18(12-17)16-30-24-8-6-21(27)13-20(24)15-25(30)26(31)28-22-7-9-23-19(14-22)10-11-29(23)2/h3-15H,16H2,1-2H3,(H,28,31).